The number of allylic oxidation sites excluding steroid dienone is 2. The molecule has 148 valence electrons. The van der Waals surface area contributed by atoms with E-state index in [1.54, 1.807) is 42.5 Å². The minimum Gasteiger partial charge on any atom is -0.495 e. The van der Waals surface area contributed by atoms with Crippen molar-refractivity contribution in [1.82, 2.24) is 0 Å². The molecule has 29 heavy (non-hydrogen) atoms. The zero-order valence-electron chi connectivity index (χ0n) is 16.3. The molecular formula is C23H22N2O4. The van der Waals surface area contributed by atoms with E-state index in [-0.39, 0.29) is 35.5 Å². The van der Waals surface area contributed by atoms with Gasteiger partial charge in [-0.25, -0.2) is 0 Å². The number of methoxy groups -OCH3 is 1. The first kappa shape index (κ1) is 18.9. The maximum absolute atomic E-state index is 13.0. The second kappa shape index (κ2) is 7.54. The molecule has 2 aromatic rings. The average molecular weight is 390 g/mol. The Balaban J connectivity index is 1.60. The third kappa shape index (κ3) is 3.31. The van der Waals surface area contributed by atoms with Crippen molar-refractivity contribution < 1.29 is 19.1 Å². The Bertz CT molecular complexity index is 1010. The number of carbonyl (C=O) groups is 3. The van der Waals surface area contributed by atoms with Gasteiger partial charge in [-0.05, 0) is 42.7 Å². The van der Waals surface area contributed by atoms with Crippen LogP contribution in [0.3, 0.4) is 0 Å². The first-order chi connectivity index (χ1) is 14.0. The van der Waals surface area contributed by atoms with Crippen molar-refractivity contribution in [2.75, 3.05) is 17.3 Å². The molecule has 1 saturated heterocycles. The van der Waals surface area contributed by atoms with E-state index in [4.69, 9.17) is 4.74 Å². The molecule has 0 bridgehead atoms. The summed E-state index contributed by atoms with van der Waals surface area (Å²) < 4.78 is 5.26. The van der Waals surface area contributed by atoms with Gasteiger partial charge in [0.15, 0.2) is 0 Å². The maximum atomic E-state index is 13.0. The molecule has 0 saturated carbocycles. The van der Waals surface area contributed by atoms with Crippen molar-refractivity contribution in [3.05, 3.63) is 66.2 Å². The minimum atomic E-state index is -0.345. The van der Waals surface area contributed by atoms with E-state index in [0.29, 0.717) is 29.1 Å². The lowest BCUT2D eigenvalue weighted by Crippen LogP contribution is -2.31. The highest BCUT2D eigenvalue weighted by Crippen LogP contribution is 2.40. The smallest absolute Gasteiger partial charge is 0.255 e. The molecule has 1 aliphatic heterocycles. The number of rotatable bonds is 4. The third-order valence-corrected chi connectivity index (χ3v) is 5.59. The molecule has 6 nitrogen and oxygen atoms in total. The summed E-state index contributed by atoms with van der Waals surface area (Å²) in [7, 11) is 1.53. The number of imide groups is 1. The molecule has 3 amide bonds. The van der Waals surface area contributed by atoms with E-state index < -0.39 is 0 Å². The van der Waals surface area contributed by atoms with Gasteiger partial charge in [0.1, 0.15) is 5.75 Å². The van der Waals surface area contributed by atoms with Crippen LogP contribution >= 0.6 is 0 Å². The molecule has 0 unspecified atom stereocenters. The molecule has 6 heteroatoms. The highest BCUT2D eigenvalue weighted by atomic mass is 16.5. The SMILES string of the molecule is COc1ccccc1NC(=O)c1cccc(N2C(=O)[C@@H]3[C@@H](C)C=CC[C@H]3C2=O)c1. The van der Waals surface area contributed by atoms with Gasteiger partial charge in [-0.3, -0.25) is 19.3 Å². The molecule has 1 aliphatic carbocycles. The minimum absolute atomic E-state index is 0.0206. The van der Waals surface area contributed by atoms with Gasteiger partial charge >= 0.3 is 0 Å². The first-order valence-corrected chi connectivity index (χ1v) is 9.60. The topological polar surface area (TPSA) is 75.7 Å². The number of hydrogen-bond acceptors (Lipinski definition) is 4. The predicted molar refractivity (Wildman–Crippen MR) is 110 cm³/mol. The standard InChI is InChI=1S/C23H22N2O4/c1-14-7-5-10-17-20(14)23(28)25(22(17)27)16-9-6-8-15(13-16)21(26)24-18-11-3-4-12-19(18)29-2/h3-9,11-14,17,20H,10H2,1-2H3,(H,24,26)/t14-,17+,20+/m0/s1. The van der Waals surface area contributed by atoms with Gasteiger partial charge in [-0.2, -0.15) is 0 Å². The Hall–Kier alpha value is -3.41. The molecule has 1 N–H and O–H groups in total. The summed E-state index contributed by atoms with van der Waals surface area (Å²) in [5.41, 5.74) is 1.33. The Labute approximate surface area is 169 Å². The molecular weight excluding hydrogens is 368 g/mol. The summed E-state index contributed by atoms with van der Waals surface area (Å²) in [5.74, 6) is -0.827. The number of nitrogens with one attached hydrogen (secondary N) is 1. The second-order valence-corrected chi connectivity index (χ2v) is 7.37. The Morgan fingerprint density at radius 1 is 1.10 bits per heavy atom. The Morgan fingerprint density at radius 3 is 2.66 bits per heavy atom. The lowest BCUT2D eigenvalue weighted by molar-refractivity contribution is -0.122. The van der Waals surface area contributed by atoms with Crippen molar-refractivity contribution in [2.45, 2.75) is 13.3 Å². The lowest BCUT2D eigenvalue weighted by Gasteiger charge is -2.22. The zero-order chi connectivity index (χ0) is 20.5. The molecule has 2 aromatic carbocycles. The summed E-state index contributed by atoms with van der Waals surface area (Å²) >= 11 is 0. The average Bonchev–Trinajstić information content (AvgIpc) is 2.99. The van der Waals surface area contributed by atoms with Gasteiger partial charge in [0.2, 0.25) is 11.8 Å². The largest absolute Gasteiger partial charge is 0.495 e. The van der Waals surface area contributed by atoms with Crippen LogP contribution in [0.15, 0.2) is 60.7 Å². The molecule has 2 aliphatic rings. The summed E-state index contributed by atoms with van der Waals surface area (Å²) in [6.45, 7) is 1.96. The molecule has 0 aromatic heterocycles. The highest BCUT2D eigenvalue weighted by molar-refractivity contribution is 6.22. The van der Waals surface area contributed by atoms with Crippen molar-refractivity contribution in [2.24, 2.45) is 17.8 Å². The Morgan fingerprint density at radius 2 is 1.90 bits per heavy atom. The third-order valence-electron chi connectivity index (χ3n) is 5.59. The molecule has 0 spiro atoms. The number of fused-ring (bicyclic) bond motifs is 1. The van der Waals surface area contributed by atoms with E-state index in [9.17, 15) is 14.4 Å². The van der Waals surface area contributed by atoms with Crippen LogP contribution in [0.2, 0.25) is 0 Å². The van der Waals surface area contributed by atoms with Crippen LogP contribution in [-0.4, -0.2) is 24.8 Å². The van der Waals surface area contributed by atoms with Gasteiger partial charge < -0.3 is 10.1 Å². The van der Waals surface area contributed by atoms with Crippen molar-refractivity contribution in [1.29, 1.82) is 0 Å². The van der Waals surface area contributed by atoms with Crippen LogP contribution in [0.5, 0.6) is 5.75 Å². The fourth-order valence-corrected chi connectivity index (χ4v) is 4.13. The van der Waals surface area contributed by atoms with Gasteiger partial charge in [0.25, 0.3) is 5.91 Å². The summed E-state index contributed by atoms with van der Waals surface area (Å²) in [5, 5.41) is 2.81. The molecule has 4 rings (SSSR count). The van der Waals surface area contributed by atoms with Gasteiger partial charge in [-0.15, -0.1) is 0 Å². The predicted octanol–water partition coefficient (Wildman–Crippen LogP) is 3.65. The number of amides is 3. The highest BCUT2D eigenvalue weighted by Gasteiger charge is 2.50. The van der Waals surface area contributed by atoms with Crippen molar-refractivity contribution >= 4 is 29.1 Å². The van der Waals surface area contributed by atoms with Crippen molar-refractivity contribution in [3.63, 3.8) is 0 Å². The van der Waals surface area contributed by atoms with E-state index in [1.165, 1.54) is 12.0 Å². The summed E-state index contributed by atoms with van der Waals surface area (Å²) in [6.07, 6.45) is 4.54. The van der Waals surface area contributed by atoms with E-state index in [2.05, 4.69) is 5.32 Å². The van der Waals surface area contributed by atoms with Crippen LogP contribution in [0.4, 0.5) is 11.4 Å². The van der Waals surface area contributed by atoms with Crippen LogP contribution in [0.25, 0.3) is 0 Å². The van der Waals surface area contributed by atoms with E-state index in [0.717, 1.165) is 0 Å². The lowest BCUT2D eigenvalue weighted by atomic mass is 9.78. The number of ether oxygens (including phenoxy) is 1. The van der Waals surface area contributed by atoms with Gasteiger partial charge in [-0.1, -0.05) is 37.3 Å². The van der Waals surface area contributed by atoms with E-state index in [1.807, 2.05) is 25.1 Å². The van der Waals surface area contributed by atoms with Gasteiger partial charge in [0.05, 0.1) is 30.3 Å². The van der Waals surface area contributed by atoms with E-state index >= 15 is 0 Å². The van der Waals surface area contributed by atoms with Crippen LogP contribution < -0.4 is 15.0 Å². The summed E-state index contributed by atoms with van der Waals surface area (Å²) in [4.78, 5) is 39.9. The van der Waals surface area contributed by atoms with Crippen LogP contribution in [-0.2, 0) is 9.59 Å². The normalized spacial score (nSPS) is 23.1. The van der Waals surface area contributed by atoms with Crippen LogP contribution in [0.1, 0.15) is 23.7 Å². The van der Waals surface area contributed by atoms with Crippen LogP contribution in [0, 0.1) is 17.8 Å². The summed E-state index contributed by atoms with van der Waals surface area (Å²) in [6, 6.07) is 13.7. The number of benzene rings is 2. The van der Waals surface area contributed by atoms with Crippen molar-refractivity contribution in [3.8, 4) is 5.75 Å². The fourth-order valence-electron chi connectivity index (χ4n) is 4.13. The monoisotopic (exact) mass is 390 g/mol. The molecule has 1 heterocycles. The molecule has 1 fully saturated rings. The molecule has 0 radical (unpaired) electrons. The maximum Gasteiger partial charge on any atom is 0.255 e. The zero-order valence-corrected chi connectivity index (χ0v) is 16.3. The number of anilines is 2. The fraction of sp³-hybridized carbons (Fsp3) is 0.261. The quantitative estimate of drug-likeness (QED) is 0.639. The number of nitrogens with zero attached hydrogens (tertiary/aromatic N) is 1. The second-order valence-electron chi connectivity index (χ2n) is 7.37. The van der Waals surface area contributed by atoms with Gasteiger partial charge in [0, 0.05) is 5.56 Å². The number of hydrogen-bond donors (Lipinski definition) is 1. The molecule has 3 atom stereocenters. The Kier molecular flexibility index (Phi) is 4.92. The number of carbonyl (C=O) groups excluding carboxylic acids is 3. The number of para-hydroxylation sites is 2. The first-order valence-electron chi connectivity index (χ1n) is 9.60.